The van der Waals surface area contributed by atoms with Gasteiger partial charge in [0.25, 0.3) is 11.5 Å². The van der Waals surface area contributed by atoms with Crippen LogP contribution in [-0.4, -0.2) is 62.1 Å². The summed E-state index contributed by atoms with van der Waals surface area (Å²) in [7, 11) is 0. The summed E-state index contributed by atoms with van der Waals surface area (Å²) >= 11 is 0. The van der Waals surface area contributed by atoms with E-state index in [1.165, 1.54) is 18.2 Å². The topological polar surface area (TPSA) is 147 Å². The SMILES string of the molecule is Cc1ccc(C(=O)N(OC(=O)C(F)(F)F)c2ccc(F)cc2)cc1-c1nc(NC(CO)CO)nc2c1ccc(=O)n2-c1c(F)cccc1F. The minimum absolute atomic E-state index is 0.00365. The molecule has 0 radical (unpaired) electrons. The summed E-state index contributed by atoms with van der Waals surface area (Å²) in [6.07, 6.45) is -5.51. The summed E-state index contributed by atoms with van der Waals surface area (Å²) in [5.41, 5.74) is -2.42. The van der Waals surface area contributed by atoms with E-state index in [0.29, 0.717) is 10.1 Å². The molecular weight excluding hydrogens is 664 g/mol. The van der Waals surface area contributed by atoms with Crippen molar-refractivity contribution in [3.05, 3.63) is 112 Å². The lowest BCUT2D eigenvalue weighted by Crippen LogP contribution is -2.38. The van der Waals surface area contributed by atoms with E-state index < -0.39 is 71.7 Å². The number of nitrogens with one attached hydrogen (secondary N) is 1. The third-order valence-electron chi connectivity index (χ3n) is 7.08. The molecule has 0 bridgehead atoms. The van der Waals surface area contributed by atoms with Gasteiger partial charge < -0.3 is 20.4 Å². The third-order valence-corrected chi connectivity index (χ3v) is 7.08. The molecule has 0 aliphatic heterocycles. The molecule has 0 saturated heterocycles. The molecule has 11 nitrogen and oxygen atoms in total. The molecule has 5 aromatic rings. The number of fused-ring (bicyclic) bond motifs is 1. The zero-order valence-electron chi connectivity index (χ0n) is 25.0. The molecular formula is C32H23F6N5O6. The Labute approximate surface area is 271 Å². The monoisotopic (exact) mass is 687 g/mol. The van der Waals surface area contributed by atoms with E-state index >= 15 is 8.78 Å². The Hall–Kier alpha value is -5.81. The van der Waals surface area contributed by atoms with Gasteiger partial charge in [-0.05, 0) is 67.1 Å². The maximum absolute atomic E-state index is 15.0. The minimum atomic E-state index is -5.51. The molecule has 254 valence electrons. The zero-order chi connectivity index (χ0) is 35.6. The first kappa shape index (κ1) is 34.5. The van der Waals surface area contributed by atoms with Gasteiger partial charge in [-0.1, -0.05) is 12.1 Å². The zero-order valence-corrected chi connectivity index (χ0v) is 25.0. The lowest BCUT2D eigenvalue weighted by Gasteiger charge is -2.22. The highest BCUT2D eigenvalue weighted by molar-refractivity contribution is 6.07. The van der Waals surface area contributed by atoms with Crippen LogP contribution >= 0.6 is 0 Å². The lowest BCUT2D eigenvalue weighted by molar-refractivity contribution is -0.199. The Kier molecular flexibility index (Phi) is 9.68. The minimum Gasteiger partial charge on any atom is -0.394 e. The number of hydroxylamine groups is 1. The number of aryl methyl sites for hydroxylation is 1. The molecule has 0 unspecified atom stereocenters. The van der Waals surface area contributed by atoms with E-state index in [1.807, 2.05) is 0 Å². The molecule has 49 heavy (non-hydrogen) atoms. The molecule has 0 saturated carbocycles. The lowest BCUT2D eigenvalue weighted by atomic mass is 9.99. The molecule has 0 atom stereocenters. The van der Waals surface area contributed by atoms with E-state index in [2.05, 4.69) is 20.1 Å². The van der Waals surface area contributed by atoms with Crippen LogP contribution in [-0.2, 0) is 9.63 Å². The van der Waals surface area contributed by atoms with Crippen molar-refractivity contribution in [1.29, 1.82) is 0 Å². The van der Waals surface area contributed by atoms with Crippen LogP contribution in [0.5, 0.6) is 0 Å². The van der Waals surface area contributed by atoms with Crippen LogP contribution in [0.4, 0.5) is 38.0 Å². The fourth-order valence-electron chi connectivity index (χ4n) is 4.69. The van der Waals surface area contributed by atoms with Crippen molar-refractivity contribution in [3.8, 4) is 16.9 Å². The van der Waals surface area contributed by atoms with Crippen LogP contribution in [0.2, 0.25) is 0 Å². The number of benzene rings is 3. The van der Waals surface area contributed by atoms with Crippen molar-refractivity contribution in [2.24, 2.45) is 0 Å². The highest BCUT2D eigenvalue weighted by atomic mass is 19.4. The number of carbonyl (C=O) groups is 2. The van der Waals surface area contributed by atoms with E-state index in [4.69, 9.17) is 0 Å². The number of nitrogens with zero attached hydrogens (tertiary/aromatic N) is 4. The Bertz CT molecular complexity index is 2100. The molecule has 2 aromatic heterocycles. The van der Waals surface area contributed by atoms with Gasteiger partial charge in [-0.15, -0.1) is 5.06 Å². The number of carbonyl (C=O) groups excluding carboxylic acids is 2. The van der Waals surface area contributed by atoms with E-state index in [0.717, 1.165) is 54.6 Å². The first-order chi connectivity index (χ1) is 23.2. The summed E-state index contributed by atoms with van der Waals surface area (Å²) in [5.74, 6) is -7.41. The van der Waals surface area contributed by atoms with E-state index in [9.17, 15) is 42.2 Å². The van der Waals surface area contributed by atoms with Crippen LogP contribution < -0.4 is 15.9 Å². The van der Waals surface area contributed by atoms with Gasteiger partial charge in [0.1, 0.15) is 23.1 Å². The molecule has 2 heterocycles. The Balaban J connectivity index is 1.74. The summed E-state index contributed by atoms with van der Waals surface area (Å²) in [5, 5.41) is 22.0. The predicted octanol–water partition coefficient (Wildman–Crippen LogP) is 4.61. The van der Waals surface area contributed by atoms with Crippen molar-refractivity contribution in [2.45, 2.75) is 19.1 Å². The second kappa shape index (κ2) is 13.7. The van der Waals surface area contributed by atoms with E-state index in [1.54, 1.807) is 6.92 Å². The number of hydrogen-bond acceptors (Lipinski definition) is 9. The number of rotatable bonds is 8. The molecule has 1 amide bonds. The van der Waals surface area contributed by atoms with Crippen LogP contribution in [0.3, 0.4) is 0 Å². The number of aromatic nitrogens is 3. The van der Waals surface area contributed by atoms with Crippen LogP contribution in [0, 0.1) is 24.4 Å². The number of aliphatic hydroxyl groups is 2. The average molecular weight is 688 g/mol. The standard InChI is InChI=1S/C32H23F6N5O6/c1-16-5-6-17(29(47)43(49-30(48)32(36,37)38)20-9-7-18(33)8-10-20)13-22(16)26-21-11-12-25(46)42(27-23(34)3-2-4-24(27)35)28(21)41-31(40-26)39-19(14-44)15-45/h2-13,19,44-45H,14-15H2,1H3,(H,39,40,41). The van der Waals surface area contributed by atoms with Gasteiger partial charge in [0, 0.05) is 22.6 Å². The largest absolute Gasteiger partial charge is 0.493 e. The highest BCUT2D eigenvalue weighted by Gasteiger charge is 2.44. The Morgan fingerprint density at radius 3 is 2.20 bits per heavy atom. The number of hydrogen-bond donors (Lipinski definition) is 3. The number of halogens is 6. The van der Waals surface area contributed by atoms with Gasteiger partial charge in [0.2, 0.25) is 5.95 Å². The smallest absolute Gasteiger partial charge is 0.394 e. The highest BCUT2D eigenvalue weighted by Crippen LogP contribution is 2.33. The fraction of sp³-hybridized carbons (Fsp3) is 0.156. The van der Waals surface area contributed by atoms with Crippen molar-refractivity contribution in [2.75, 3.05) is 23.6 Å². The average Bonchev–Trinajstić information content (AvgIpc) is 3.06. The number of para-hydroxylation sites is 1. The maximum Gasteiger partial charge on any atom is 0.493 e. The van der Waals surface area contributed by atoms with Gasteiger partial charge in [0.05, 0.1) is 30.6 Å². The summed E-state index contributed by atoms with van der Waals surface area (Å²) in [6.45, 7) is 0.328. The van der Waals surface area contributed by atoms with Crippen LogP contribution in [0.1, 0.15) is 15.9 Å². The first-order valence-corrected chi connectivity index (χ1v) is 14.1. The van der Waals surface area contributed by atoms with Crippen molar-refractivity contribution >= 4 is 34.5 Å². The second-order valence-electron chi connectivity index (χ2n) is 10.4. The van der Waals surface area contributed by atoms with Gasteiger partial charge in [-0.25, -0.2) is 22.9 Å². The number of pyridine rings is 1. The second-order valence-corrected chi connectivity index (χ2v) is 10.4. The number of amides is 1. The molecule has 5 rings (SSSR count). The van der Waals surface area contributed by atoms with Gasteiger partial charge in [0.15, 0.2) is 5.65 Å². The normalized spacial score (nSPS) is 11.6. The van der Waals surface area contributed by atoms with E-state index in [-0.39, 0.29) is 38.9 Å². The summed E-state index contributed by atoms with van der Waals surface area (Å²) < 4.78 is 83.7. The first-order valence-electron chi connectivity index (χ1n) is 14.1. The maximum atomic E-state index is 15.0. The van der Waals surface area contributed by atoms with Gasteiger partial charge in [-0.2, -0.15) is 18.2 Å². The Morgan fingerprint density at radius 1 is 0.939 bits per heavy atom. The molecule has 0 aliphatic rings. The van der Waals surface area contributed by atoms with Gasteiger partial charge in [-0.3, -0.25) is 14.2 Å². The van der Waals surface area contributed by atoms with Crippen molar-refractivity contribution < 1.29 is 51.0 Å². The molecule has 0 fully saturated rings. The summed E-state index contributed by atoms with van der Waals surface area (Å²) in [4.78, 5) is 51.6. The molecule has 0 aliphatic carbocycles. The molecule has 0 spiro atoms. The number of aliphatic hydroxyl groups excluding tert-OH is 2. The number of alkyl halides is 3. The fourth-order valence-corrected chi connectivity index (χ4v) is 4.69. The van der Waals surface area contributed by atoms with Crippen molar-refractivity contribution in [1.82, 2.24) is 14.5 Å². The van der Waals surface area contributed by atoms with Crippen LogP contribution in [0.25, 0.3) is 28.0 Å². The molecule has 3 N–H and O–H groups in total. The Morgan fingerprint density at radius 2 is 1.59 bits per heavy atom. The van der Waals surface area contributed by atoms with Crippen molar-refractivity contribution in [3.63, 3.8) is 0 Å². The molecule has 17 heteroatoms. The predicted molar refractivity (Wildman–Crippen MR) is 162 cm³/mol. The van der Waals surface area contributed by atoms with Crippen LogP contribution in [0.15, 0.2) is 77.6 Å². The van der Waals surface area contributed by atoms with Gasteiger partial charge >= 0.3 is 12.1 Å². The summed E-state index contributed by atoms with van der Waals surface area (Å²) in [6, 6.07) is 11.3. The number of anilines is 2. The third kappa shape index (κ3) is 7.07. The molecule has 3 aromatic carbocycles. The quantitative estimate of drug-likeness (QED) is 0.157.